The summed E-state index contributed by atoms with van der Waals surface area (Å²) in [5.41, 5.74) is -4.31. The van der Waals surface area contributed by atoms with Crippen LogP contribution in [0.25, 0.3) is 0 Å². The number of carbonyl (C=O) groups is 2. The summed E-state index contributed by atoms with van der Waals surface area (Å²) in [6.07, 6.45) is 0.207. The maximum Gasteiger partial charge on any atom is 0.441 e. The van der Waals surface area contributed by atoms with Crippen molar-refractivity contribution in [3.05, 3.63) is 0 Å². The van der Waals surface area contributed by atoms with Crippen LogP contribution in [-0.2, 0) is 4.79 Å². The Bertz CT molecular complexity index is 287. The molecule has 2 amide bonds. The zero-order chi connectivity index (χ0) is 14.2. The molecule has 5 nitrogen and oxygen atoms in total. The first kappa shape index (κ1) is 16.9. The van der Waals surface area contributed by atoms with Crippen LogP contribution in [0, 0.1) is 0 Å². The van der Waals surface area contributed by atoms with E-state index in [-0.39, 0.29) is 30.5 Å². The van der Waals surface area contributed by atoms with Gasteiger partial charge in [-0.2, -0.15) is 13.2 Å². The molecule has 0 saturated carbocycles. The van der Waals surface area contributed by atoms with Gasteiger partial charge in [0.15, 0.2) is 0 Å². The van der Waals surface area contributed by atoms with Crippen molar-refractivity contribution in [1.29, 1.82) is 0 Å². The van der Waals surface area contributed by atoms with E-state index in [4.69, 9.17) is 5.11 Å². The van der Waals surface area contributed by atoms with Gasteiger partial charge in [-0.1, -0.05) is 6.92 Å². The summed E-state index contributed by atoms with van der Waals surface area (Å²) in [5.74, 6) is -1.33. The van der Waals surface area contributed by atoms with E-state index in [2.05, 4.69) is 10.6 Å². The Morgan fingerprint density at radius 2 is 2.00 bits per heavy atom. The van der Waals surface area contributed by atoms with Gasteiger partial charge in [-0.25, -0.2) is 4.79 Å². The second-order valence-electron chi connectivity index (χ2n) is 3.40. The van der Waals surface area contributed by atoms with E-state index in [1.54, 1.807) is 6.92 Å². The fourth-order valence-corrected chi connectivity index (χ4v) is 1.51. The van der Waals surface area contributed by atoms with E-state index in [1.807, 2.05) is 0 Å². The minimum absolute atomic E-state index is 0.139. The lowest BCUT2D eigenvalue weighted by molar-refractivity contribution is -0.137. The molecule has 18 heavy (non-hydrogen) atoms. The third kappa shape index (κ3) is 10.1. The van der Waals surface area contributed by atoms with Gasteiger partial charge in [-0.15, -0.1) is 0 Å². The molecule has 0 radical (unpaired) electrons. The number of carbonyl (C=O) groups excluding carboxylic acids is 1. The van der Waals surface area contributed by atoms with Crippen molar-refractivity contribution in [2.75, 3.05) is 12.3 Å². The minimum atomic E-state index is -4.31. The van der Waals surface area contributed by atoms with Crippen molar-refractivity contribution in [3.63, 3.8) is 0 Å². The molecule has 0 aromatic carbocycles. The first-order valence-corrected chi connectivity index (χ1v) is 6.20. The van der Waals surface area contributed by atoms with Crippen LogP contribution in [0.3, 0.4) is 0 Å². The molecule has 9 heteroatoms. The number of nitrogens with one attached hydrogen (secondary N) is 2. The Hall–Kier alpha value is -1.12. The molecule has 0 aromatic rings. The smallest absolute Gasteiger partial charge is 0.441 e. The topological polar surface area (TPSA) is 78.4 Å². The van der Waals surface area contributed by atoms with Gasteiger partial charge < -0.3 is 15.7 Å². The molecule has 0 aromatic heterocycles. The van der Waals surface area contributed by atoms with Gasteiger partial charge in [0, 0.05) is 18.3 Å². The van der Waals surface area contributed by atoms with Crippen LogP contribution in [0.15, 0.2) is 0 Å². The molecule has 0 aliphatic heterocycles. The predicted molar refractivity (Wildman–Crippen MR) is 61.4 cm³/mol. The average Bonchev–Trinajstić information content (AvgIpc) is 2.21. The number of amides is 2. The quantitative estimate of drug-likeness (QED) is 0.624. The van der Waals surface area contributed by atoms with Gasteiger partial charge in [0.05, 0.1) is 6.42 Å². The first-order valence-electron chi connectivity index (χ1n) is 5.21. The molecule has 0 saturated heterocycles. The maximum atomic E-state index is 11.8. The number of alkyl halides is 3. The number of carboxylic acids is 1. The van der Waals surface area contributed by atoms with Crippen molar-refractivity contribution in [1.82, 2.24) is 10.6 Å². The molecular formula is C9H15F3N2O3S. The second kappa shape index (κ2) is 8.06. The van der Waals surface area contributed by atoms with E-state index in [0.717, 1.165) is 0 Å². The van der Waals surface area contributed by atoms with E-state index in [1.165, 1.54) is 0 Å². The average molecular weight is 288 g/mol. The number of urea groups is 1. The molecule has 3 N–H and O–H groups in total. The zero-order valence-corrected chi connectivity index (χ0v) is 10.5. The lowest BCUT2D eigenvalue weighted by atomic mass is 10.1. The normalized spacial score (nSPS) is 12.9. The third-order valence-electron chi connectivity index (χ3n) is 1.90. The molecule has 0 aliphatic rings. The van der Waals surface area contributed by atoms with E-state index < -0.39 is 23.6 Å². The monoisotopic (exact) mass is 288 g/mol. The number of thioether (sulfide) groups is 1. The second-order valence-corrected chi connectivity index (χ2v) is 4.56. The zero-order valence-electron chi connectivity index (χ0n) is 9.71. The van der Waals surface area contributed by atoms with Crippen LogP contribution in [0.4, 0.5) is 18.0 Å². The molecular weight excluding hydrogens is 273 g/mol. The lowest BCUT2D eigenvalue weighted by Gasteiger charge is -2.15. The SMILES string of the molecule is CCC(CC(=O)O)NC(=O)NCCSC(F)(F)F. The first-order chi connectivity index (χ1) is 8.24. The van der Waals surface area contributed by atoms with Gasteiger partial charge in [-0.3, -0.25) is 4.79 Å². The van der Waals surface area contributed by atoms with Gasteiger partial charge in [0.1, 0.15) is 0 Å². The summed E-state index contributed by atoms with van der Waals surface area (Å²) in [6, 6.07) is -1.19. The molecule has 0 heterocycles. The van der Waals surface area contributed by atoms with Gasteiger partial charge in [0.25, 0.3) is 0 Å². The standard InChI is InChI=1S/C9H15F3N2O3S/c1-2-6(5-7(15)16)14-8(17)13-3-4-18-9(10,11)12/h6H,2-5H2,1H3,(H,15,16)(H2,13,14,17). The Balaban J connectivity index is 3.79. The molecule has 0 rings (SSSR count). The summed E-state index contributed by atoms with van der Waals surface area (Å²) >= 11 is -0.226. The molecule has 0 fully saturated rings. The molecule has 0 bridgehead atoms. The highest BCUT2D eigenvalue weighted by Gasteiger charge is 2.27. The fourth-order valence-electron chi connectivity index (χ4n) is 1.08. The number of hydrogen-bond donors (Lipinski definition) is 3. The number of rotatable bonds is 7. The summed E-state index contributed by atoms with van der Waals surface area (Å²) < 4.78 is 35.3. The fraction of sp³-hybridized carbons (Fsp3) is 0.778. The van der Waals surface area contributed by atoms with Crippen molar-refractivity contribution in [2.45, 2.75) is 31.3 Å². The minimum Gasteiger partial charge on any atom is -0.481 e. The van der Waals surface area contributed by atoms with Crippen molar-refractivity contribution in [3.8, 4) is 0 Å². The van der Waals surface area contributed by atoms with Crippen LogP contribution < -0.4 is 10.6 Å². The van der Waals surface area contributed by atoms with E-state index >= 15 is 0 Å². The third-order valence-corrected chi connectivity index (χ3v) is 2.64. The number of hydrogen-bond acceptors (Lipinski definition) is 3. The Kier molecular flexibility index (Phi) is 7.56. The van der Waals surface area contributed by atoms with Crippen molar-refractivity contribution in [2.24, 2.45) is 0 Å². The van der Waals surface area contributed by atoms with Crippen LogP contribution >= 0.6 is 11.8 Å². The van der Waals surface area contributed by atoms with Crippen molar-refractivity contribution >= 4 is 23.8 Å². The van der Waals surface area contributed by atoms with Crippen LogP contribution in [0.2, 0.25) is 0 Å². The van der Waals surface area contributed by atoms with Crippen LogP contribution in [-0.4, -0.2) is 41.0 Å². The molecule has 1 atom stereocenters. The highest BCUT2D eigenvalue weighted by Crippen LogP contribution is 2.29. The van der Waals surface area contributed by atoms with Crippen LogP contribution in [0.5, 0.6) is 0 Å². The van der Waals surface area contributed by atoms with Crippen molar-refractivity contribution < 1.29 is 27.9 Å². The highest BCUT2D eigenvalue weighted by molar-refractivity contribution is 8.00. The van der Waals surface area contributed by atoms with E-state index in [0.29, 0.717) is 6.42 Å². The molecule has 1 unspecified atom stereocenters. The predicted octanol–water partition coefficient (Wildman–Crippen LogP) is 1.79. The Labute approximate surface area is 106 Å². The Morgan fingerprint density at radius 1 is 1.39 bits per heavy atom. The largest absolute Gasteiger partial charge is 0.481 e. The number of halogens is 3. The molecule has 106 valence electrons. The van der Waals surface area contributed by atoms with Gasteiger partial charge in [-0.05, 0) is 18.2 Å². The Morgan fingerprint density at radius 3 is 2.44 bits per heavy atom. The van der Waals surface area contributed by atoms with Gasteiger partial charge >= 0.3 is 17.5 Å². The van der Waals surface area contributed by atoms with Crippen LogP contribution in [0.1, 0.15) is 19.8 Å². The molecule has 0 spiro atoms. The maximum absolute atomic E-state index is 11.8. The lowest BCUT2D eigenvalue weighted by Crippen LogP contribution is -2.43. The summed E-state index contributed by atoms with van der Waals surface area (Å²) in [4.78, 5) is 21.6. The van der Waals surface area contributed by atoms with Gasteiger partial charge in [0.2, 0.25) is 0 Å². The summed E-state index contributed by atoms with van der Waals surface area (Å²) in [6.45, 7) is 1.56. The highest BCUT2D eigenvalue weighted by atomic mass is 32.2. The summed E-state index contributed by atoms with van der Waals surface area (Å²) in [5, 5.41) is 13.1. The number of carboxylic acid groups (broad SMARTS) is 1. The summed E-state index contributed by atoms with van der Waals surface area (Å²) in [7, 11) is 0. The number of aliphatic carboxylic acids is 1. The van der Waals surface area contributed by atoms with E-state index in [9.17, 15) is 22.8 Å². The molecule has 0 aliphatic carbocycles.